The van der Waals surface area contributed by atoms with Crippen LogP contribution in [0, 0.1) is 11.6 Å². The minimum absolute atomic E-state index is 0.0876. The summed E-state index contributed by atoms with van der Waals surface area (Å²) in [6.07, 6.45) is 3.23. The van der Waals surface area contributed by atoms with E-state index in [-0.39, 0.29) is 24.1 Å². The van der Waals surface area contributed by atoms with Gasteiger partial charge >= 0.3 is 6.09 Å². The molecule has 2 atom stereocenters. The highest BCUT2D eigenvalue weighted by Gasteiger charge is 2.35. The van der Waals surface area contributed by atoms with Crippen LogP contribution in [-0.4, -0.2) is 66.1 Å². The van der Waals surface area contributed by atoms with Gasteiger partial charge in [0.2, 0.25) is 11.9 Å². The predicted octanol–water partition coefficient (Wildman–Crippen LogP) is 8.37. The summed E-state index contributed by atoms with van der Waals surface area (Å²) in [5.74, 6) is -1.54. The van der Waals surface area contributed by atoms with Crippen molar-refractivity contribution >= 4 is 39.4 Å². The Labute approximate surface area is 324 Å². The number of thiophene rings is 1. The van der Waals surface area contributed by atoms with Crippen molar-refractivity contribution in [2.24, 2.45) is 0 Å². The normalized spacial score (nSPS) is 13.2. The number of amides is 2. The molecule has 2 amide bonds. The number of rotatable bonds is 12. The number of anilines is 1. The SMILES string of the molecule is C[C@H](C(=O)N[C@H](C)c1ccc(F)cc1-c1cccc2cc(-c3nc(NCCn4ccnn4)ncc3F)sc12)N(CC1c2ccccc2-c2ccccc21)C(=O)O. The summed E-state index contributed by atoms with van der Waals surface area (Å²) in [7, 11) is 0. The smallest absolute Gasteiger partial charge is 0.408 e. The first-order valence-electron chi connectivity index (χ1n) is 18.1. The van der Waals surface area contributed by atoms with Crippen LogP contribution in [0.2, 0.25) is 0 Å². The van der Waals surface area contributed by atoms with Crippen LogP contribution in [0.5, 0.6) is 0 Å². The Morgan fingerprint density at radius 2 is 1.66 bits per heavy atom. The van der Waals surface area contributed by atoms with Gasteiger partial charge in [-0.15, -0.1) is 16.4 Å². The van der Waals surface area contributed by atoms with Crippen molar-refractivity contribution in [1.82, 2.24) is 35.2 Å². The Kier molecular flexibility index (Phi) is 9.96. The molecule has 1 aliphatic rings. The zero-order valence-electron chi connectivity index (χ0n) is 30.4. The maximum Gasteiger partial charge on any atom is 0.408 e. The molecule has 4 aromatic carbocycles. The molecule has 0 saturated heterocycles. The summed E-state index contributed by atoms with van der Waals surface area (Å²) >= 11 is 1.31. The van der Waals surface area contributed by atoms with Gasteiger partial charge in [-0.3, -0.25) is 14.4 Å². The van der Waals surface area contributed by atoms with E-state index < -0.39 is 35.7 Å². The van der Waals surface area contributed by atoms with E-state index in [0.29, 0.717) is 34.7 Å². The number of hydrogen-bond acceptors (Lipinski definition) is 8. The molecule has 3 heterocycles. The summed E-state index contributed by atoms with van der Waals surface area (Å²) in [6.45, 7) is 4.40. The number of carbonyl (C=O) groups excluding carboxylic acids is 1. The first-order chi connectivity index (χ1) is 27.2. The summed E-state index contributed by atoms with van der Waals surface area (Å²) in [5.41, 5.74) is 6.12. The van der Waals surface area contributed by atoms with Gasteiger partial charge in [-0.05, 0) is 76.4 Å². The number of fused-ring (bicyclic) bond motifs is 4. The monoisotopic (exact) mass is 770 g/mol. The minimum Gasteiger partial charge on any atom is -0.465 e. The van der Waals surface area contributed by atoms with Crippen molar-refractivity contribution in [2.75, 3.05) is 18.4 Å². The van der Waals surface area contributed by atoms with Gasteiger partial charge in [0.15, 0.2) is 5.82 Å². The van der Waals surface area contributed by atoms with E-state index in [9.17, 15) is 14.7 Å². The van der Waals surface area contributed by atoms with Crippen LogP contribution in [0.25, 0.3) is 42.9 Å². The van der Waals surface area contributed by atoms with Gasteiger partial charge in [-0.2, -0.15) is 0 Å². The van der Waals surface area contributed by atoms with Crippen LogP contribution in [0.4, 0.5) is 19.5 Å². The fourth-order valence-corrected chi connectivity index (χ4v) is 8.58. The van der Waals surface area contributed by atoms with Gasteiger partial charge in [0.1, 0.15) is 17.6 Å². The second-order valence-corrected chi connectivity index (χ2v) is 14.7. The van der Waals surface area contributed by atoms with E-state index in [1.54, 1.807) is 37.0 Å². The molecule has 0 spiro atoms. The van der Waals surface area contributed by atoms with Crippen LogP contribution < -0.4 is 10.6 Å². The van der Waals surface area contributed by atoms with E-state index in [2.05, 4.69) is 30.9 Å². The fraction of sp³-hybridized carbons (Fsp3) is 0.190. The maximum absolute atomic E-state index is 15.2. The van der Waals surface area contributed by atoms with Gasteiger partial charge < -0.3 is 15.7 Å². The summed E-state index contributed by atoms with van der Waals surface area (Å²) in [6, 6.07) is 26.0. The van der Waals surface area contributed by atoms with Gasteiger partial charge in [-0.1, -0.05) is 78.0 Å². The predicted molar refractivity (Wildman–Crippen MR) is 211 cm³/mol. The average molecular weight is 771 g/mol. The Morgan fingerprint density at radius 3 is 2.38 bits per heavy atom. The molecule has 0 radical (unpaired) electrons. The second kappa shape index (κ2) is 15.3. The second-order valence-electron chi connectivity index (χ2n) is 13.6. The number of nitrogens with one attached hydrogen (secondary N) is 2. The number of hydrogen-bond donors (Lipinski definition) is 3. The van der Waals surface area contributed by atoms with E-state index in [0.717, 1.165) is 38.5 Å². The fourth-order valence-electron chi connectivity index (χ4n) is 7.40. The van der Waals surface area contributed by atoms with Gasteiger partial charge in [-0.25, -0.2) is 23.5 Å². The summed E-state index contributed by atoms with van der Waals surface area (Å²) < 4.78 is 32.6. The van der Waals surface area contributed by atoms with Gasteiger partial charge in [0, 0.05) is 29.9 Å². The Morgan fingerprint density at radius 1 is 0.929 bits per heavy atom. The van der Waals surface area contributed by atoms with Crippen LogP contribution >= 0.6 is 11.3 Å². The number of nitrogens with zero attached hydrogens (tertiary/aromatic N) is 6. The molecular weight excluding hydrogens is 735 g/mol. The van der Waals surface area contributed by atoms with Crippen molar-refractivity contribution in [1.29, 1.82) is 0 Å². The van der Waals surface area contributed by atoms with Crippen molar-refractivity contribution in [3.8, 4) is 32.8 Å². The summed E-state index contributed by atoms with van der Waals surface area (Å²) in [5, 5.41) is 25.0. The highest BCUT2D eigenvalue weighted by atomic mass is 32.1. The molecule has 0 unspecified atom stereocenters. The molecule has 56 heavy (non-hydrogen) atoms. The number of benzene rings is 4. The molecule has 11 nitrogen and oxygen atoms in total. The molecule has 1 aliphatic carbocycles. The lowest BCUT2D eigenvalue weighted by Crippen LogP contribution is -2.49. The lowest BCUT2D eigenvalue weighted by molar-refractivity contribution is -0.126. The van der Waals surface area contributed by atoms with Crippen molar-refractivity contribution in [3.63, 3.8) is 0 Å². The molecular formula is C42H36F2N8O3S. The van der Waals surface area contributed by atoms with Crippen LogP contribution in [-0.2, 0) is 11.3 Å². The third-order valence-electron chi connectivity index (χ3n) is 10.2. The first kappa shape index (κ1) is 36.4. The molecule has 0 fully saturated rings. The molecule has 14 heteroatoms. The molecule has 7 aromatic rings. The maximum atomic E-state index is 15.2. The van der Waals surface area contributed by atoms with Gasteiger partial charge in [0.25, 0.3) is 0 Å². The Bertz CT molecular complexity index is 2530. The molecule has 0 aliphatic heterocycles. The number of halogens is 2. The quantitative estimate of drug-likeness (QED) is 0.113. The molecule has 0 bridgehead atoms. The van der Waals surface area contributed by atoms with E-state index in [1.165, 1.54) is 28.4 Å². The van der Waals surface area contributed by atoms with E-state index in [1.807, 2.05) is 72.8 Å². The molecule has 0 saturated carbocycles. The van der Waals surface area contributed by atoms with Crippen molar-refractivity contribution < 1.29 is 23.5 Å². The number of aromatic nitrogens is 5. The Balaban J connectivity index is 1.04. The lowest BCUT2D eigenvalue weighted by atomic mass is 9.94. The van der Waals surface area contributed by atoms with Gasteiger partial charge in [0.05, 0.1) is 29.9 Å². The standard InChI is InChI=1S/C42H36F2N8O3S/c1-24(48-40(53)25(2)52(42(54)55)23-35-31-11-5-3-9-29(31)30-10-4-6-12-32(30)35)28-15-14-27(43)21-34(28)33-13-7-8-26-20-37(56-39(26)33)38-36(44)22-46-41(49-38)45-16-18-51-19-17-47-50-51/h3-15,17,19-22,24-25,35H,16,18,23H2,1-2H3,(H,48,53)(H,54,55)(H,45,46,49)/t24-,25-/m1/s1. The van der Waals surface area contributed by atoms with Crippen molar-refractivity contribution in [2.45, 2.75) is 38.4 Å². The zero-order valence-corrected chi connectivity index (χ0v) is 31.2. The Hall–Kier alpha value is -6.54. The minimum atomic E-state index is -1.21. The summed E-state index contributed by atoms with van der Waals surface area (Å²) in [4.78, 5) is 36.9. The van der Waals surface area contributed by atoms with Crippen LogP contribution in [0.1, 0.15) is 42.5 Å². The zero-order chi connectivity index (χ0) is 38.9. The van der Waals surface area contributed by atoms with Crippen LogP contribution in [0.15, 0.2) is 110 Å². The first-order valence-corrected chi connectivity index (χ1v) is 18.9. The third-order valence-corrected chi connectivity index (χ3v) is 11.4. The molecule has 3 aromatic heterocycles. The topological polar surface area (TPSA) is 138 Å². The largest absolute Gasteiger partial charge is 0.465 e. The van der Waals surface area contributed by atoms with Crippen molar-refractivity contribution in [3.05, 3.63) is 138 Å². The average Bonchev–Trinajstić information content (AvgIpc) is 3.95. The molecule has 282 valence electrons. The van der Waals surface area contributed by atoms with E-state index >= 15 is 8.78 Å². The number of carboxylic acid groups (broad SMARTS) is 1. The number of carbonyl (C=O) groups is 2. The third kappa shape index (κ3) is 7.06. The lowest BCUT2D eigenvalue weighted by Gasteiger charge is -2.30. The highest BCUT2D eigenvalue weighted by molar-refractivity contribution is 7.22. The van der Waals surface area contributed by atoms with E-state index in [4.69, 9.17) is 0 Å². The molecule has 8 rings (SSSR count). The highest BCUT2D eigenvalue weighted by Crippen LogP contribution is 2.45. The van der Waals surface area contributed by atoms with Crippen LogP contribution in [0.3, 0.4) is 0 Å². The molecule has 3 N–H and O–H groups in total.